The number of aryl methyl sites for hydroxylation is 1. The molecule has 0 spiro atoms. The number of alkyl halides is 2. The minimum atomic E-state index is -4.09. The van der Waals surface area contributed by atoms with Crippen LogP contribution in [-0.4, -0.2) is 59.3 Å². The molecule has 3 heterocycles. The quantitative estimate of drug-likeness (QED) is 0.489. The average Bonchev–Trinajstić information content (AvgIpc) is 3.38. The minimum absolute atomic E-state index is 0.0577. The first kappa shape index (κ1) is 24.8. The van der Waals surface area contributed by atoms with Gasteiger partial charge in [-0.15, -0.1) is 10.2 Å². The molecule has 14 heteroatoms. The number of nitrogens with zero attached hydrogens (tertiary/aromatic N) is 6. The van der Waals surface area contributed by atoms with E-state index >= 15 is 0 Å². The Morgan fingerprint density at radius 3 is 2.50 bits per heavy atom. The third-order valence-corrected chi connectivity index (χ3v) is 8.65. The van der Waals surface area contributed by atoms with E-state index in [1.54, 1.807) is 13.0 Å². The van der Waals surface area contributed by atoms with Crippen molar-refractivity contribution >= 4 is 38.0 Å². The van der Waals surface area contributed by atoms with Gasteiger partial charge in [-0.1, -0.05) is 11.3 Å². The zero-order valence-corrected chi connectivity index (χ0v) is 21.4. The molecule has 1 aliphatic carbocycles. The van der Waals surface area contributed by atoms with Crippen molar-refractivity contribution < 1.29 is 17.2 Å². The van der Waals surface area contributed by atoms with E-state index in [-0.39, 0.29) is 27.7 Å². The first-order valence-electron chi connectivity index (χ1n) is 11.4. The highest BCUT2D eigenvalue weighted by molar-refractivity contribution is 7.89. The predicted molar refractivity (Wildman–Crippen MR) is 130 cm³/mol. The number of nitrogens with one attached hydrogen (secondary N) is 2. The van der Waals surface area contributed by atoms with Crippen LogP contribution >= 0.6 is 11.3 Å². The third-order valence-electron chi connectivity index (χ3n) is 6.20. The van der Waals surface area contributed by atoms with Crippen LogP contribution in [0.4, 0.5) is 14.5 Å². The summed E-state index contributed by atoms with van der Waals surface area (Å²) < 4.78 is 55.8. The molecule has 2 atom stereocenters. The van der Waals surface area contributed by atoms with Gasteiger partial charge in [0.1, 0.15) is 17.1 Å². The van der Waals surface area contributed by atoms with Crippen LogP contribution in [0.15, 0.2) is 17.0 Å². The molecule has 2 fully saturated rings. The number of aromatic nitrogens is 4. The van der Waals surface area contributed by atoms with Crippen molar-refractivity contribution in [2.24, 2.45) is 0 Å². The van der Waals surface area contributed by atoms with Crippen LogP contribution in [0, 0.1) is 18.3 Å². The maximum atomic E-state index is 13.4. The monoisotopic (exact) mass is 534 g/mol. The molecule has 3 aromatic rings. The Bertz CT molecular complexity index is 1470. The number of rotatable bonds is 6. The van der Waals surface area contributed by atoms with Gasteiger partial charge >= 0.3 is 0 Å². The molecule has 5 rings (SSSR count). The fourth-order valence-electron chi connectivity index (χ4n) is 4.48. The Morgan fingerprint density at radius 2 is 1.92 bits per heavy atom. The van der Waals surface area contributed by atoms with Crippen LogP contribution in [0.25, 0.3) is 21.6 Å². The number of halogens is 2. The molecule has 1 aromatic carbocycles. The van der Waals surface area contributed by atoms with E-state index in [0.717, 1.165) is 0 Å². The number of sulfonamides is 1. The number of fused-ring (bicyclic) bond motifs is 1. The molecular weight excluding hydrogens is 510 g/mol. The van der Waals surface area contributed by atoms with Crippen LogP contribution < -0.4 is 14.9 Å². The first-order chi connectivity index (χ1) is 17.0. The van der Waals surface area contributed by atoms with Crippen LogP contribution in [0.3, 0.4) is 0 Å². The molecule has 1 saturated heterocycles. The van der Waals surface area contributed by atoms with Crippen LogP contribution in [0.1, 0.15) is 43.9 Å². The van der Waals surface area contributed by atoms with Gasteiger partial charge in [-0.25, -0.2) is 27.2 Å². The van der Waals surface area contributed by atoms with E-state index in [1.165, 1.54) is 6.07 Å². The number of hydrogen-bond donors (Lipinski definition) is 2. The highest BCUT2D eigenvalue weighted by Crippen LogP contribution is 2.39. The normalized spacial score (nSPS) is 21.6. The summed E-state index contributed by atoms with van der Waals surface area (Å²) in [5.74, 6) is 0.388. The van der Waals surface area contributed by atoms with Gasteiger partial charge in [-0.05, 0) is 45.7 Å². The molecule has 0 unspecified atom stereocenters. The van der Waals surface area contributed by atoms with E-state index in [9.17, 15) is 22.5 Å². The summed E-state index contributed by atoms with van der Waals surface area (Å²) in [6.45, 7) is 6.96. The first-order valence-corrected chi connectivity index (χ1v) is 13.7. The Kier molecular flexibility index (Phi) is 6.14. The SMILES string of the molecule is Cc1nc(-c2nnc(C(F)F)s2)c2cc(S(=O)(=O)NC3(C#N)CC3)cc(N3C[C@H](C)N[C@@H](C)C3)c2n1. The second-order valence-electron chi connectivity index (χ2n) is 9.38. The highest BCUT2D eigenvalue weighted by Gasteiger charge is 2.47. The maximum absolute atomic E-state index is 13.4. The number of anilines is 1. The fourth-order valence-corrected chi connectivity index (χ4v) is 6.60. The molecule has 1 aliphatic heterocycles. The minimum Gasteiger partial charge on any atom is -0.367 e. The van der Waals surface area contributed by atoms with Gasteiger partial charge in [0.25, 0.3) is 6.43 Å². The summed E-state index contributed by atoms with van der Waals surface area (Å²) in [4.78, 5) is 11.1. The molecule has 0 amide bonds. The maximum Gasteiger partial charge on any atom is 0.291 e. The molecule has 2 aromatic heterocycles. The van der Waals surface area contributed by atoms with Crippen LogP contribution in [0.5, 0.6) is 0 Å². The van der Waals surface area contributed by atoms with E-state index in [4.69, 9.17) is 0 Å². The standard InChI is InChI=1S/C22H24F2N8O2S2/c1-11-8-32(9-12(2)26-11)16-7-14(36(33,34)31-22(10-25)4-5-22)6-15-17(16)27-13(3)28-18(15)20-29-30-21(35-20)19(23)24/h6-7,11-12,19,26,31H,4-5,8-9H2,1-3H3/t11-,12-/m0/s1. The van der Waals surface area contributed by atoms with Gasteiger partial charge in [-0.3, -0.25) is 0 Å². The van der Waals surface area contributed by atoms with Crippen molar-refractivity contribution in [3.8, 4) is 16.8 Å². The zero-order chi connectivity index (χ0) is 25.8. The topological polar surface area (TPSA) is 137 Å². The van der Waals surface area contributed by atoms with E-state index in [2.05, 4.69) is 35.1 Å². The summed E-state index contributed by atoms with van der Waals surface area (Å²) in [6, 6.07) is 5.29. The number of hydrogen-bond acceptors (Lipinski definition) is 10. The Hall–Kier alpha value is -2.86. The smallest absolute Gasteiger partial charge is 0.291 e. The number of piperazine rings is 1. The zero-order valence-electron chi connectivity index (χ0n) is 19.8. The lowest BCUT2D eigenvalue weighted by Crippen LogP contribution is -2.54. The molecule has 1 saturated carbocycles. The van der Waals surface area contributed by atoms with Crippen molar-refractivity contribution in [3.05, 3.63) is 23.0 Å². The van der Waals surface area contributed by atoms with Gasteiger partial charge in [0.05, 0.1) is 22.2 Å². The van der Waals surface area contributed by atoms with Gasteiger partial charge in [-0.2, -0.15) is 9.98 Å². The molecule has 36 heavy (non-hydrogen) atoms. The van der Waals surface area contributed by atoms with Crippen LogP contribution in [-0.2, 0) is 10.0 Å². The molecular formula is C22H24F2N8O2S2. The van der Waals surface area contributed by atoms with Crippen molar-refractivity contribution in [1.82, 2.24) is 30.2 Å². The fraction of sp³-hybridized carbons (Fsp3) is 0.500. The van der Waals surface area contributed by atoms with Crippen molar-refractivity contribution in [2.45, 2.75) is 62.6 Å². The molecule has 10 nitrogen and oxygen atoms in total. The summed E-state index contributed by atoms with van der Waals surface area (Å²) >= 11 is 0.703. The molecule has 190 valence electrons. The lowest BCUT2D eigenvalue weighted by atomic mass is 10.1. The van der Waals surface area contributed by atoms with Crippen molar-refractivity contribution in [2.75, 3.05) is 18.0 Å². The summed E-state index contributed by atoms with van der Waals surface area (Å²) in [6.07, 6.45) is -1.92. The van der Waals surface area contributed by atoms with Crippen molar-refractivity contribution in [1.29, 1.82) is 5.26 Å². The Balaban J connectivity index is 1.74. The van der Waals surface area contributed by atoms with E-state index in [1.807, 2.05) is 19.9 Å². The van der Waals surface area contributed by atoms with Gasteiger partial charge in [0, 0.05) is 30.6 Å². The second kappa shape index (κ2) is 8.91. The Labute approximate surface area is 210 Å². The summed E-state index contributed by atoms with van der Waals surface area (Å²) in [5, 5.41) is 20.4. The number of benzene rings is 1. The average molecular weight is 535 g/mol. The lowest BCUT2D eigenvalue weighted by Gasteiger charge is -2.38. The van der Waals surface area contributed by atoms with Crippen LogP contribution in [0.2, 0.25) is 0 Å². The van der Waals surface area contributed by atoms with Crippen molar-refractivity contribution in [3.63, 3.8) is 0 Å². The predicted octanol–water partition coefficient (Wildman–Crippen LogP) is 2.92. The van der Waals surface area contributed by atoms with Gasteiger partial charge in [0.15, 0.2) is 10.0 Å². The highest BCUT2D eigenvalue weighted by atomic mass is 32.2. The second-order valence-corrected chi connectivity index (χ2v) is 12.1. The summed E-state index contributed by atoms with van der Waals surface area (Å²) in [7, 11) is -4.09. The van der Waals surface area contributed by atoms with Gasteiger partial charge in [0.2, 0.25) is 10.0 Å². The molecule has 2 N–H and O–H groups in total. The lowest BCUT2D eigenvalue weighted by molar-refractivity contribution is 0.150. The van der Waals surface area contributed by atoms with E-state index < -0.39 is 27.0 Å². The third kappa shape index (κ3) is 4.63. The van der Waals surface area contributed by atoms with Gasteiger partial charge < -0.3 is 10.2 Å². The largest absolute Gasteiger partial charge is 0.367 e. The van der Waals surface area contributed by atoms with E-state index in [0.29, 0.717) is 59.7 Å². The Morgan fingerprint density at radius 1 is 1.22 bits per heavy atom. The molecule has 0 radical (unpaired) electrons. The molecule has 0 bridgehead atoms. The summed E-state index contributed by atoms with van der Waals surface area (Å²) in [5.41, 5.74) is 0.204. The molecule has 2 aliphatic rings. The number of nitriles is 1.